The molecule has 2 N–H and O–H groups in total. The SMILES string of the molecule is C[C@@H](N)c1cncn1Cc1cnn(C)c1. The van der Waals surface area contributed by atoms with Gasteiger partial charge in [0.05, 0.1) is 24.8 Å². The molecule has 0 aliphatic rings. The second kappa shape index (κ2) is 3.86. The summed E-state index contributed by atoms with van der Waals surface area (Å²) < 4.78 is 3.83. The van der Waals surface area contributed by atoms with E-state index in [2.05, 4.69) is 10.1 Å². The van der Waals surface area contributed by atoms with Gasteiger partial charge in [0.2, 0.25) is 0 Å². The Morgan fingerprint density at radius 3 is 2.87 bits per heavy atom. The summed E-state index contributed by atoms with van der Waals surface area (Å²) in [5.41, 5.74) is 8.03. The Morgan fingerprint density at radius 1 is 1.47 bits per heavy atom. The van der Waals surface area contributed by atoms with E-state index in [9.17, 15) is 0 Å². The molecule has 2 aromatic heterocycles. The molecule has 5 nitrogen and oxygen atoms in total. The van der Waals surface area contributed by atoms with Gasteiger partial charge in [0.1, 0.15) is 0 Å². The van der Waals surface area contributed by atoms with Gasteiger partial charge < -0.3 is 10.3 Å². The van der Waals surface area contributed by atoms with Crippen LogP contribution < -0.4 is 5.73 Å². The first-order valence-electron chi connectivity index (χ1n) is 4.90. The van der Waals surface area contributed by atoms with Gasteiger partial charge >= 0.3 is 0 Å². The van der Waals surface area contributed by atoms with Gasteiger partial charge in [-0.25, -0.2) is 4.98 Å². The van der Waals surface area contributed by atoms with Crippen molar-refractivity contribution in [2.75, 3.05) is 0 Å². The van der Waals surface area contributed by atoms with Crippen LogP contribution in [0.1, 0.15) is 24.2 Å². The molecular weight excluding hydrogens is 190 g/mol. The molecule has 0 amide bonds. The maximum absolute atomic E-state index is 5.84. The van der Waals surface area contributed by atoms with Crippen LogP contribution in [0.2, 0.25) is 0 Å². The van der Waals surface area contributed by atoms with Gasteiger partial charge in [-0.2, -0.15) is 5.10 Å². The van der Waals surface area contributed by atoms with Gasteiger partial charge in [-0.3, -0.25) is 4.68 Å². The second-order valence-electron chi connectivity index (χ2n) is 3.76. The minimum absolute atomic E-state index is 0.00386. The topological polar surface area (TPSA) is 61.7 Å². The summed E-state index contributed by atoms with van der Waals surface area (Å²) in [4.78, 5) is 4.10. The highest BCUT2D eigenvalue weighted by atomic mass is 15.2. The highest BCUT2D eigenvalue weighted by Gasteiger charge is 2.07. The van der Waals surface area contributed by atoms with Crippen molar-refractivity contribution in [3.8, 4) is 0 Å². The molecule has 0 aliphatic heterocycles. The third-order valence-corrected chi connectivity index (χ3v) is 2.32. The molecule has 15 heavy (non-hydrogen) atoms. The first-order valence-corrected chi connectivity index (χ1v) is 4.90. The fraction of sp³-hybridized carbons (Fsp3) is 0.400. The Labute approximate surface area is 88.5 Å². The first kappa shape index (κ1) is 9.92. The molecule has 0 spiro atoms. The van der Waals surface area contributed by atoms with Crippen molar-refractivity contribution < 1.29 is 0 Å². The summed E-state index contributed by atoms with van der Waals surface area (Å²) in [6.45, 7) is 2.72. The van der Waals surface area contributed by atoms with Crippen molar-refractivity contribution in [1.82, 2.24) is 19.3 Å². The predicted molar refractivity (Wildman–Crippen MR) is 57.1 cm³/mol. The van der Waals surface area contributed by atoms with E-state index >= 15 is 0 Å². The Kier molecular flexibility index (Phi) is 2.55. The van der Waals surface area contributed by atoms with Crippen LogP contribution in [-0.2, 0) is 13.6 Å². The summed E-state index contributed by atoms with van der Waals surface area (Å²) in [5, 5.41) is 4.12. The van der Waals surface area contributed by atoms with Crippen molar-refractivity contribution in [3.05, 3.63) is 36.2 Å². The number of nitrogens with two attached hydrogens (primary N) is 1. The fourth-order valence-corrected chi connectivity index (χ4v) is 1.59. The minimum Gasteiger partial charge on any atom is -0.329 e. The number of nitrogens with zero attached hydrogens (tertiary/aromatic N) is 4. The van der Waals surface area contributed by atoms with Crippen molar-refractivity contribution >= 4 is 0 Å². The van der Waals surface area contributed by atoms with Crippen LogP contribution in [-0.4, -0.2) is 19.3 Å². The van der Waals surface area contributed by atoms with Crippen molar-refractivity contribution in [2.24, 2.45) is 12.8 Å². The molecular formula is C10H15N5. The van der Waals surface area contributed by atoms with Crippen LogP contribution in [0.15, 0.2) is 24.9 Å². The van der Waals surface area contributed by atoms with Crippen LogP contribution >= 0.6 is 0 Å². The lowest BCUT2D eigenvalue weighted by atomic mass is 10.2. The summed E-state index contributed by atoms with van der Waals surface area (Å²) >= 11 is 0. The Bertz CT molecular complexity index is 440. The van der Waals surface area contributed by atoms with Crippen molar-refractivity contribution in [2.45, 2.75) is 19.5 Å². The van der Waals surface area contributed by atoms with E-state index in [4.69, 9.17) is 5.73 Å². The maximum atomic E-state index is 5.84. The fourth-order valence-electron chi connectivity index (χ4n) is 1.59. The minimum atomic E-state index is 0.00386. The molecule has 0 bridgehead atoms. The van der Waals surface area contributed by atoms with Gasteiger partial charge in [0.25, 0.3) is 0 Å². The molecule has 0 aromatic carbocycles. The van der Waals surface area contributed by atoms with Crippen LogP contribution in [0.4, 0.5) is 0 Å². The number of hydrogen-bond donors (Lipinski definition) is 1. The molecule has 80 valence electrons. The average molecular weight is 205 g/mol. The monoisotopic (exact) mass is 205 g/mol. The molecule has 0 aliphatic carbocycles. The van der Waals surface area contributed by atoms with Crippen LogP contribution in [0.25, 0.3) is 0 Å². The van der Waals surface area contributed by atoms with E-state index in [1.54, 1.807) is 17.2 Å². The summed E-state index contributed by atoms with van der Waals surface area (Å²) in [6.07, 6.45) is 7.45. The Hall–Kier alpha value is -1.62. The normalized spacial score (nSPS) is 13.0. The van der Waals surface area contributed by atoms with Crippen LogP contribution in [0.5, 0.6) is 0 Å². The summed E-state index contributed by atoms with van der Waals surface area (Å²) in [5.74, 6) is 0. The van der Waals surface area contributed by atoms with Gasteiger partial charge in [0.15, 0.2) is 0 Å². The molecule has 0 radical (unpaired) electrons. The molecule has 2 aromatic rings. The molecule has 0 unspecified atom stereocenters. The molecule has 5 heteroatoms. The van der Waals surface area contributed by atoms with Gasteiger partial charge in [-0.1, -0.05) is 0 Å². The van der Waals surface area contributed by atoms with E-state index in [0.29, 0.717) is 0 Å². The number of hydrogen-bond acceptors (Lipinski definition) is 3. The maximum Gasteiger partial charge on any atom is 0.0951 e. The Morgan fingerprint density at radius 2 is 2.27 bits per heavy atom. The van der Waals surface area contributed by atoms with E-state index in [1.807, 2.05) is 30.9 Å². The number of imidazole rings is 1. The van der Waals surface area contributed by atoms with E-state index < -0.39 is 0 Å². The van der Waals surface area contributed by atoms with Gasteiger partial charge in [0, 0.05) is 31.0 Å². The zero-order chi connectivity index (χ0) is 10.8. The average Bonchev–Trinajstić information content (AvgIpc) is 2.75. The van der Waals surface area contributed by atoms with E-state index in [0.717, 1.165) is 17.8 Å². The highest BCUT2D eigenvalue weighted by Crippen LogP contribution is 2.10. The second-order valence-corrected chi connectivity index (χ2v) is 3.76. The summed E-state index contributed by atoms with van der Waals surface area (Å²) in [7, 11) is 1.91. The zero-order valence-electron chi connectivity index (χ0n) is 8.96. The molecule has 0 saturated carbocycles. The molecule has 0 fully saturated rings. The van der Waals surface area contributed by atoms with E-state index in [-0.39, 0.29) is 6.04 Å². The molecule has 0 saturated heterocycles. The largest absolute Gasteiger partial charge is 0.329 e. The number of rotatable bonds is 3. The standard InChI is InChI=1S/C10H15N5/c1-8(11)10-4-12-7-15(10)6-9-3-13-14(2)5-9/h3-5,7-8H,6,11H2,1-2H3/t8-/m1/s1. The smallest absolute Gasteiger partial charge is 0.0951 e. The molecule has 1 atom stereocenters. The molecule has 2 rings (SSSR count). The van der Waals surface area contributed by atoms with Crippen LogP contribution in [0.3, 0.4) is 0 Å². The zero-order valence-corrected chi connectivity index (χ0v) is 8.96. The third kappa shape index (κ3) is 2.07. The predicted octanol–water partition coefficient (Wildman–Crippen LogP) is 0.685. The quantitative estimate of drug-likeness (QED) is 0.801. The van der Waals surface area contributed by atoms with Gasteiger partial charge in [-0.15, -0.1) is 0 Å². The number of aryl methyl sites for hydroxylation is 1. The summed E-state index contributed by atoms with van der Waals surface area (Å²) in [6, 6.07) is 0.00386. The highest BCUT2D eigenvalue weighted by molar-refractivity contribution is 5.10. The lowest BCUT2D eigenvalue weighted by Crippen LogP contribution is -2.12. The first-order chi connectivity index (χ1) is 7.16. The van der Waals surface area contributed by atoms with Crippen molar-refractivity contribution in [1.29, 1.82) is 0 Å². The van der Waals surface area contributed by atoms with Crippen LogP contribution in [0, 0.1) is 0 Å². The van der Waals surface area contributed by atoms with Crippen molar-refractivity contribution in [3.63, 3.8) is 0 Å². The molecule has 2 heterocycles. The number of aromatic nitrogens is 4. The lowest BCUT2D eigenvalue weighted by molar-refractivity contribution is 0.674. The van der Waals surface area contributed by atoms with E-state index in [1.165, 1.54) is 0 Å². The third-order valence-electron chi connectivity index (χ3n) is 2.32. The van der Waals surface area contributed by atoms with Gasteiger partial charge in [-0.05, 0) is 6.92 Å². The lowest BCUT2D eigenvalue weighted by Gasteiger charge is -2.09. The Balaban J connectivity index is 2.20.